The predicted octanol–water partition coefficient (Wildman–Crippen LogP) is 3.94. The van der Waals surface area contributed by atoms with Crippen molar-refractivity contribution in [1.82, 2.24) is 5.32 Å². The van der Waals surface area contributed by atoms with Crippen LogP contribution in [0.25, 0.3) is 0 Å². The van der Waals surface area contributed by atoms with Crippen molar-refractivity contribution in [3.63, 3.8) is 0 Å². The number of nitrogens with one attached hydrogen (secondary N) is 2. The maximum Gasteiger partial charge on any atom is 0.337 e. The van der Waals surface area contributed by atoms with Gasteiger partial charge in [-0.3, -0.25) is 4.79 Å². The van der Waals surface area contributed by atoms with E-state index < -0.39 is 5.97 Å². The standard InChI is InChI=1S/C19H20Cl2N2O3/c1-26-19(25)14-4-7-16(21)17(12-14)23-18(24)9-11-22-10-8-13-2-5-15(20)6-3-13/h2-7,12,22H,8-11H2,1H3,(H,23,24). The van der Waals surface area contributed by atoms with E-state index >= 15 is 0 Å². The first-order valence-electron chi connectivity index (χ1n) is 8.12. The molecule has 0 saturated heterocycles. The number of ether oxygens (including phenoxy) is 1. The number of anilines is 1. The second-order valence-corrected chi connectivity index (χ2v) is 6.45. The maximum atomic E-state index is 12.0. The van der Waals surface area contributed by atoms with Crippen LogP contribution in [0.15, 0.2) is 42.5 Å². The Morgan fingerprint density at radius 2 is 1.77 bits per heavy atom. The molecule has 0 fully saturated rings. The molecule has 2 rings (SSSR count). The van der Waals surface area contributed by atoms with E-state index in [1.165, 1.54) is 18.7 Å². The van der Waals surface area contributed by atoms with Crippen molar-refractivity contribution in [2.45, 2.75) is 12.8 Å². The number of benzene rings is 2. The van der Waals surface area contributed by atoms with E-state index in [1.807, 2.05) is 24.3 Å². The second kappa shape index (κ2) is 10.2. The van der Waals surface area contributed by atoms with Gasteiger partial charge in [0, 0.05) is 18.0 Å². The Balaban J connectivity index is 1.75. The highest BCUT2D eigenvalue weighted by molar-refractivity contribution is 6.33. The summed E-state index contributed by atoms with van der Waals surface area (Å²) in [5.74, 6) is -0.672. The summed E-state index contributed by atoms with van der Waals surface area (Å²) in [5.41, 5.74) is 1.90. The van der Waals surface area contributed by atoms with Gasteiger partial charge in [-0.15, -0.1) is 0 Å². The first-order chi connectivity index (χ1) is 12.5. The number of amides is 1. The fourth-order valence-electron chi connectivity index (χ4n) is 2.29. The van der Waals surface area contributed by atoms with Gasteiger partial charge >= 0.3 is 5.97 Å². The Hall–Kier alpha value is -2.08. The number of hydrogen-bond acceptors (Lipinski definition) is 4. The molecule has 1 amide bonds. The van der Waals surface area contributed by atoms with E-state index in [-0.39, 0.29) is 5.91 Å². The van der Waals surface area contributed by atoms with Gasteiger partial charge in [-0.2, -0.15) is 0 Å². The van der Waals surface area contributed by atoms with Gasteiger partial charge in [0.2, 0.25) is 5.91 Å². The van der Waals surface area contributed by atoms with E-state index in [4.69, 9.17) is 23.2 Å². The van der Waals surface area contributed by atoms with Gasteiger partial charge in [0.15, 0.2) is 0 Å². The van der Waals surface area contributed by atoms with Gasteiger partial charge in [0.1, 0.15) is 0 Å². The molecule has 0 aliphatic rings. The molecule has 2 N–H and O–H groups in total. The topological polar surface area (TPSA) is 67.4 Å². The predicted molar refractivity (Wildman–Crippen MR) is 104 cm³/mol. The average Bonchev–Trinajstić information content (AvgIpc) is 2.64. The summed E-state index contributed by atoms with van der Waals surface area (Å²) in [4.78, 5) is 23.6. The Bertz CT molecular complexity index is 764. The fraction of sp³-hybridized carbons (Fsp3) is 0.263. The molecule has 2 aromatic carbocycles. The summed E-state index contributed by atoms with van der Waals surface area (Å²) < 4.78 is 4.66. The normalized spacial score (nSPS) is 10.4. The molecule has 2 aromatic rings. The van der Waals surface area contributed by atoms with Crippen molar-refractivity contribution in [2.75, 3.05) is 25.5 Å². The lowest BCUT2D eigenvalue weighted by molar-refractivity contribution is -0.116. The summed E-state index contributed by atoms with van der Waals surface area (Å²) in [7, 11) is 1.30. The Kier molecular flexibility index (Phi) is 7.91. The van der Waals surface area contributed by atoms with Gasteiger partial charge in [-0.1, -0.05) is 35.3 Å². The lowest BCUT2D eigenvalue weighted by Gasteiger charge is -2.09. The lowest BCUT2D eigenvalue weighted by atomic mass is 10.1. The zero-order chi connectivity index (χ0) is 18.9. The maximum absolute atomic E-state index is 12.0. The van der Waals surface area contributed by atoms with Crippen LogP contribution in [0.5, 0.6) is 0 Å². The summed E-state index contributed by atoms with van der Waals surface area (Å²) in [6, 6.07) is 12.3. The molecule has 0 heterocycles. The molecule has 0 radical (unpaired) electrons. The van der Waals surface area contributed by atoms with E-state index in [0.29, 0.717) is 34.3 Å². The molecule has 0 spiro atoms. The SMILES string of the molecule is COC(=O)c1ccc(Cl)c(NC(=O)CCNCCc2ccc(Cl)cc2)c1. The van der Waals surface area contributed by atoms with Crippen LogP contribution in [0, 0.1) is 0 Å². The number of carbonyl (C=O) groups is 2. The molecule has 0 aliphatic carbocycles. The Labute approximate surface area is 162 Å². The minimum atomic E-state index is -0.485. The Morgan fingerprint density at radius 3 is 2.46 bits per heavy atom. The summed E-state index contributed by atoms with van der Waals surface area (Å²) >= 11 is 11.9. The lowest BCUT2D eigenvalue weighted by Crippen LogP contribution is -2.23. The third-order valence-electron chi connectivity index (χ3n) is 3.69. The minimum Gasteiger partial charge on any atom is -0.465 e. The van der Waals surface area contributed by atoms with E-state index in [9.17, 15) is 9.59 Å². The summed E-state index contributed by atoms with van der Waals surface area (Å²) in [5, 5.41) is 7.01. The average molecular weight is 395 g/mol. The largest absolute Gasteiger partial charge is 0.465 e. The molecule has 0 aromatic heterocycles. The zero-order valence-electron chi connectivity index (χ0n) is 14.4. The van der Waals surface area contributed by atoms with Crippen molar-refractivity contribution < 1.29 is 14.3 Å². The van der Waals surface area contributed by atoms with Crippen LogP contribution in [0.2, 0.25) is 10.0 Å². The third kappa shape index (κ3) is 6.33. The first-order valence-corrected chi connectivity index (χ1v) is 8.88. The second-order valence-electron chi connectivity index (χ2n) is 5.61. The molecule has 0 atom stereocenters. The van der Waals surface area contributed by atoms with Gasteiger partial charge in [0.05, 0.1) is 23.4 Å². The van der Waals surface area contributed by atoms with Crippen LogP contribution < -0.4 is 10.6 Å². The highest BCUT2D eigenvalue weighted by Gasteiger charge is 2.11. The number of carbonyl (C=O) groups excluding carboxylic acids is 2. The minimum absolute atomic E-state index is 0.187. The fourth-order valence-corrected chi connectivity index (χ4v) is 2.58. The van der Waals surface area contributed by atoms with Gasteiger partial charge in [-0.25, -0.2) is 4.79 Å². The van der Waals surface area contributed by atoms with Gasteiger partial charge in [0.25, 0.3) is 0 Å². The molecule has 5 nitrogen and oxygen atoms in total. The Morgan fingerprint density at radius 1 is 1.04 bits per heavy atom. The van der Waals surface area contributed by atoms with Crippen molar-refractivity contribution in [1.29, 1.82) is 0 Å². The number of esters is 1. The van der Waals surface area contributed by atoms with Crippen LogP contribution in [-0.4, -0.2) is 32.1 Å². The molecule has 0 unspecified atom stereocenters. The van der Waals surface area contributed by atoms with E-state index in [2.05, 4.69) is 15.4 Å². The highest BCUT2D eigenvalue weighted by atomic mass is 35.5. The molecular formula is C19H20Cl2N2O3. The van der Waals surface area contributed by atoms with Gasteiger partial charge in [-0.05, 0) is 48.9 Å². The van der Waals surface area contributed by atoms with Gasteiger partial charge < -0.3 is 15.4 Å². The van der Waals surface area contributed by atoms with Crippen LogP contribution >= 0.6 is 23.2 Å². The van der Waals surface area contributed by atoms with Crippen molar-refractivity contribution in [3.8, 4) is 0 Å². The number of methoxy groups -OCH3 is 1. The number of hydrogen-bond donors (Lipinski definition) is 2. The molecule has 0 aliphatic heterocycles. The zero-order valence-corrected chi connectivity index (χ0v) is 15.9. The van der Waals surface area contributed by atoms with Crippen LogP contribution in [0.4, 0.5) is 5.69 Å². The molecule has 0 saturated carbocycles. The molecule has 7 heteroatoms. The summed E-state index contributed by atoms with van der Waals surface area (Å²) in [6.07, 6.45) is 1.14. The monoisotopic (exact) mass is 394 g/mol. The number of rotatable bonds is 8. The smallest absolute Gasteiger partial charge is 0.337 e. The van der Waals surface area contributed by atoms with Crippen LogP contribution in [0.1, 0.15) is 22.3 Å². The summed E-state index contributed by atoms with van der Waals surface area (Å²) in [6.45, 7) is 1.29. The van der Waals surface area contributed by atoms with Crippen LogP contribution in [-0.2, 0) is 16.0 Å². The van der Waals surface area contributed by atoms with E-state index in [1.54, 1.807) is 12.1 Å². The highest BCUT2D eigenvalue weighted by Crippen LogP contribution is 2.23. The quantitative estimate of drug-likeness (QED) is 0.525. The molecular weight excluding hydrogens is 375 g/mol. The van der Waals surface area contributed by atoms with E-state index in [0.717, 1.165) is 13.0 Å². The van der Waals surface area contributed by atoms with Crippen molar-refractivity contribution >= 4 is 40.8 Å². The third-order valence-corrected chi connectivity index (χ3v) is 4.28. The number of halogens is 2. The van der Waals surface area contributed by atoms with Crippen molar-refractivity contribution in [2.24, 2.45) is 0 Å². The molecule has 138 valence electrons. The first kappa shape index (κ1) is 20.2. The molecule has 26 heavy (non-hydrogen) atoms. The van der Waals surface area contributed by atoms with Crippen molar-refractivity contribution in [3.05, 3.63) is 63.6 Å². The van der Waals surface area contributed by atoms with Crippen LogP contribution in [0.3, 0.4) is 0 Å². The molecule has 0 bridgehead atoms.